The molecule has 138 valence electrons. The summed E-state index contributed by atoms with van der Waals surface area (Å²) in [7, 11) is 0. The highest BCUT2D eigenvalue weighted by atomic mass is 16.2. The molecule has 3 heterocycles. The van der Waals surface area contributed by atoms with E-state index in [0.29, 0.717) is 22.9 Å². The minimum Gasteiger partial charge on any atom is -0.364 e. The number of hydrogen-bond donors (Lipinski definition) is 2. The van der Waals surface area contributed by atoms with E-state index >= 15 is 0 Å². The van der Waals surface area contributed by atoms with Crippen molar-refractivity contribution >= 4 is 22.9 Å². The van der Waals surface area contributed by atoms with Gasteiger partial charge in [-0.1, -0.05) is 19.8 Å². The molecule has 1 spiro atoms. The van der Waals surface area contributed by atoms with Gasteiger partial charge in [-0.2, -0.15) is 0 Å². The summed E-state index contributed by atoms with van der Waals surface area (Å²) in [5, 5.41) is 3.53. The molecular formula is C19H26N6O. The molecule has 3 fully saturated rings. The van der Waals surface area contributed by atoms with Gasteiger partial charge in [-0.15, -0.1) is 0 Å². The average molecular weight is 354 g/mol. The molecule has 2 atom stereocenters. The summed E-state index contributed by atoms with van der Waals surface area (Å²) in [6.07, 6.45) is 9.66. The topological polar surface area (TPSA) is 86.8 Å². The second kappa shape index (κ2) is 5.93. The van der Waals surface area contributed by atoms with E-state index < -0.39 is 0 Å². The lowest BCUT2D eigenvalue weighted by Crippen LogP contribution is -2.34. The van der Waals surface area contributed by atoms with E-state index in [9.17, 15) is 4.79 Å². The molecule has 7 nitrogen and oxygen atoms in total. The molecule has 7 heteroatoms. The summed E-state index contributed by atoms with van der Waals surface area (Å²) in [6, 6.07) is 0.239. The Kier molecular flexibility index (Phi) is 3.65. The summed E-state index contributed by atoms with van der Waals surface area (Å²) in [5.41, 5.74) is 1.93. The van der Waals surface area contributed by atoms with E-state index in [1.54, 1.807) is 6.33 Å². The maximum atomic E-state index is 12.9. The lowest BCUT2D eigenvalue weighted by Gasteiger charge is -2.19. The van der Waals surface area contributed by atoms with Crippen LogP contribution in [0.25, 0.3) is 11.2 Å². The molecular weight excluding hydrogens is 328 g/mol. The van der Waals surface area contributed by atoms with Crippen LogP contribution in [0.1, 0.15) is 51.3 Å². The smallest absolute Gasteiger partial charge is 0.226 e. The number of nitrogens with one attached hydrogen (secondary N) is 2. The van der Waals surface area contributed by atoms with Gasteiger partial charge >= 0.3 is 0 Å². The van der Waals surface area contributed by atoms with Gasteiger partial charge in [-0.3, -0.25) is 4.79 Å². The molecule has 2 saturated carbocycles. The largest absolute Gasteiger partial charge is 0.364 e. The quantitative estimate of drug-likeness (QED) is 0.881. The van der Waals surface area contributed by atoms with Gasteiger partial charge < -0.3 is 15.2 Å². The first-order chi connectivity index (χ1) is 12.7. The number of aryl methyl sites for hydroxylation is 1. The fourth-order valence-corrected chi connectivity index (χ4v) is 4.96. The van der Waals surface area contributed by atoms with Crippen LogP contribution < -0.4 is 5.32 Å². The van der Waals surface area contributed by atoms with Crippen molar-refractivity contribution in [3.63, 3.8) is 0 Å². The molecule has 3 aliphatic rings. The Morgan fingerprint density at radius 1 is 1.38 bits per heavy atom. The van der Waals surface area contributed by atoms with Crippen LogP contribution in [0.2, 0.25) is 0 Å². The Balaban J connectivity index is 1.27. The van der Waals surface area contributed by atoms with Crippen molar-refractivity contribution in [2.24, 2.45) is 11.3 Å². The number of anilines is 1. The second-order valence-corrected chi connectivity index (χ2v) is 8.18. The Bertz CT molecular complexity index is 840. The third kappa shape index (κ3) is 2.56. The van der Waals surface area contributed by atoms with Crippen molar-refractivity contribution in [3.8, 4) is 0 Å². The molecule has 0 bridgehead atoms. The van der Waals surface area contributed by atoms with Crippen molar-refractivity contribution in [1.29, 1.82) is 0 Å². The van der Waals surface area contributed by atoms with E-state index in [2.05, 4.69) is 30.2 Å². The van der Waals surface area contributed by atoms with Crippen LogP contribution in [0.4, 0.5) is 5.82 Å². The maximum Gasteiger partial charge on any atom is 0.226 e. The number of likely N-dealkylation sites (tertiary alicyclic amines) is 1. The lowest BCUT2D eigenvalue weighted by molar-refractivity contribution is -0.132. The van der Waals surface area contributed by atoms with Gasteiger partial charge in [0.25, 0.3) is 0 Å². The molecule has 1 amide bonds. The number of H-pyrrole nitrogens is 1. The van der Waals surface area contributed by atoms with Gasteiger partial charge in [0.05, 0.1) is 6.33 Å². The highest BCUT2D eigenvalue weighted by Crippen LogP contribution is 2.63. The Labute approximate surface area is 153 Å². The van der Waals surface area contributed by atoms with Gasteiger partial charge in [0, 0.05) is 31.5 Å². The van der Waals surface area contributed by atoms with Crippen molar-refractivity contribution in [1.82, 2.24) is 24.8 Å². The normalized spacial score (nSPS) is 26.7. The highest BCUT2D eigenvalue weighted by Gasteiger charge is 2.59. The second-order valence-electron chi connectivity index (χ2n) is 8.18. The van der Waals surface area contributed by atoms with Crippen LogP contribution in [0.3, 0.4) is 0 Å². The van der Waals surface area contributed by atoms with E-state index in [0.717, 1.165) is 49.5 Å². The molecule has 2 aromatic heterocycles. The zero-order chi connectivity index (χ0) is 17.7. The number of aromatic nitrogens is 4. The van der Waals surface area contributed by atoms with E-state index in [1.807, 2.05) is 6.92 Å². The van der Waals surface area contributed by atoms with Crippen LogP contribution >= 0.6 is 0 Å². The molecule has 2 N–H and O–H groups in total. The highest BCUT2D eigenvalue weighted by molar-refractivity contribution is 5.84. The van der Waals surface area contributed by atoms with Crippen LogP contribution in [0.15, 0.2) is 6.33 Å². The predicted octanol–water partition coefficient (Wildman–Crippen LogP) is 2.51. The van der Waals surface area contributed by atoms with Crippen molar-refractivity contribution in [3.05, 3.63) is 12.2 Å². The van der Waals surface area contributed by atoms with E-state index in [4.69, 9.17) is 0 Å². The Hall–Kier alpha value is -2.18. The fraction of sp³-hybridized carbons (Fsp3) is 0.684. The molecule has 0 aromatic carbocycles. The number of carbonyl (C=O) groups is 1. The van der Waals surface area contributed by atoms with E-state index in [-0.39, 0.29) is 6.04 Å². The SMILES string of the molecule is CCc1nc(N[C@H]2CCN(C(=O)C3CC34CCCC4)C2)c2[nH]cnc2n1. The van der Waals surface area contributed by atoms with Crippen molar-refractivity contribution in [2.75, 3.05) is 18.4 Å². The molecule has 2 aromatic rings. The first-order valence-electron chi connectivity index (χ1n) is 9.94. The van der Waals surface area contributed by atoms with Gasteiger partial charge in [0.15, 0.2) is 11.5 Å². The van der Waals surface area contributed by atoms with Crippen LogP contribution in [-0.2, 0) is 11.2 Å². The number of amides is 1. The van der Waals surface area contributed by atoms with Crippen molar-refractivity contribution in [2.45, 2.75) is 57.9 Å². The van der Waals surface area contributed by atoms with Gasteiger partial charge in [-0.25, -0.2) is 15.0 Å². The zero-order valence-corrected chi connectivity index (χ0v) is 15.3. The van der Waals surface area contributed by atoms with Crippen LogP contribution in [0, 0.1) is 11.3 Å². The molecule has 1 saturated heterocycles. The first kappa shape index (κ1) is 16.0. The molecule has 2 aliphatic carbocycles. The average Bonchev–Trinajstić information content (AvgIpc) is 3.09. The summed E-state index contributed by atoms with van der Waals surface area (Å²) in [6.45, 7) is 3.66. The summed E-state index contributed by atoms with van der Waals surface area (Å²) < 4.78 is 0. The summed E-state index contributed by atoms with van der Waals surface area (Å²) >= 11 is 0. The number of nitrogens with zero attached hydrogens (tertiary/aromatic N) is 4. The number of fused-ring (bicyclic) bond motifs is 1. The first-order valence-corrected chi connectivity index (χ1v) is 9.94. The number of carbonyl (C=O) groups excluding carboxylic acids is 1. The molecule has 1 aliphatic heterocycles. The standard InChI is InChI=1S/C19H26N6O/c1-2-14-23-16-15(20-11-21-16)17(24-14)22-12-5-8-25(10-12)18(26)13-9-19(13)6-3-4-7-19/h11-13H,2-10H2,1H3,(H2,20,21,22,23,24)/t12-,13?/m0/s1. The van der Waals surface area contributed by atoms with Gasteiger partial charge in [-0.05, 0) is 31.1 Å². The lowest BCUT2D eigenvalue weighted by atomic mass is 10.0. The number of rotatable bonds is 4. The molecule has 5 rings (SSSR count). The van der Waals surface area contributed by atoms with Crippen molar-refractivity contribution < 1.29 is 4.79 Å². The fourth-order valence-electron chi connectivity index (χ4n) is 4.96. The van der Waals surface area contributed by atoms with Gasteiger partial charge in [0.1, 0.15) is 11.3 Å². The minimum atomic E-state index is 0.239. The number of hydrogen-bond acceptors (Lipinski definition) is 5. The minimum absolute atomic E-state index is 0.239. The Morgan fingerprint density at radius 3 is 3.04 bits per heavy atom. The maximum absolute atomic E-state index is 12.9. The van der Waals surface area contributed by atoms with E-state index in [1.165, 1.54) is 25.7 Å². The van der Waals surface area contributed by atoms with Crippen LogP contribution in [0.5, 0.6) is 0 Å². The third-order valence-corrected chi connectivity index (χ3v) is 6.58. The summed E-state index contributed by atoms with van der Waals surface area (Å²) in [4.78, 5) is 31.4. The molecule has 26 heavy (non-hydrogen) atoms. The summed E-state index contributed by atoms with van der Waals surface area (Å²) in [5.74, 6) is 2.29. The molecule has 0 radical (unpaired) electrons. The number of aromatic amines is 1. The third-order valence-electron chi connectivity index (χ3n) is 6.58. The van der Waals surface area contributed by atoms with Crippen LogP contribution in [-0.4, -0.2) is 49.9 Å². The Morgan fingerprint density at radius 2 is 2.23 bits per heavy atom. The zero-order valence-electron chi connectivity index (χ0n) is 15.3. The van der Waals surface area contributed by atoms with Gasteiger partial charge in [0.2, 0.25) is 5.91 Å². The predicted molar refractivity (Wildman–Crippen MR) is 98.7 cm³/mol. The molecule has 1 unspecified atom stereocenters. The number of imidazole rings is 1. The monoisotopic (exact) mass is 354 g/mol.